The van der Waals surface area contributed by atoms with E-state index in [1.54, 1.807) is 7.05 Å². The van der Waals surface area contributed by atoms with Gasteiger partial charge in [-0.1, -0.05) is 53.5 Å². The van der Waals surface area contributed by atoms with E-state index in [9.17, 15) is 0 Å². The number of imidazole rings is 1. The molecule has 0 saturated heterocycles. The quantitative estimate of drug-likeness (QED) is 0.454. The predicted octanol–water partition coefficient (Wildman–Crippen LogP) is 3.64. The number of hydrogen-bond acceptors (Lipinski definition) is 2. The van der Waals surface area contributed by atoms with E-state index in [1.807, 2.05) is 36.1 Å². The van der Waals surface area contributed by atoms with E-state index in [2.05, 4.69) is 49.4 Å². The minimum atomic E-state index is 0.529. The highest BCUT2D eigenvalue weighted by Crippen LogP contribution is 2.24. The van der Waals surface area contributed by atoms with Gasteiger partial charge in [-0.05, 0) is 18.1 Å². The minimum Gasteiger partial charge on any atom is -0.351 e. The van der Waals surface area contributed by atoms with Gasteiger partial charge in [0, 0.05) is 38.7 Å². The van der Waals surface area contributed by atoms with Gasteiger partial charge in [-0.25, -0.2) is 4.98 Å². The van der Waals surface area contributed by atoms with Crippen LogP contribution in [-0.2, 0) is 33.1 Å². The van der Waals surface area contributed by atoms with Crippen molar-refractivity contribution in [2.45, 2.75) is 26.1 Å². The number of aryl methyl sites for hydroxylation is 2. The van der Waals surface area contributed by atoms with Crippen molar-refractivity contribution in [1.29, 1.82) is 0 Å². The lowest BCUT2D eigenvalue weighted by Gasteiger charge is -2.13. The fraction of sp³-hybridized carbons (Fsp3) is 0.300. The normalized spacial score (nSPS) is 11.6. The van der Waals surface area contributed by atoms with Gasteiger partial charge in [-0.3, -0.25) is 4.99 Å². The summed E-state index contributed by atoms with van der Waals surface area (Å²) < 4.78 is 4.00. The largest absolute Gasteiger partial charge is 0.351 e. The number of nitrogens with one attached hydrogen (secondary N) is 2. The Labute approximate surface area is 175 Å². The number of nitrogens with zero attached hydrogens (tertiary/aromatic N) is 4. The average molecular weight is 419 g/mol. The molecule has 0 radical (unpaired) electrons. The molecule has 0 amide bonds. The lowest BCUT2D eigenvalue weighted by atomic mass is 10.1. The Morgan fingerprint density at radius 2 is 1.89 bits per heavy atom. The Bertz CT molecular complexity index is 930. The molecule has 2 N–H and O–H groups in total. The van der Waals surface area contributed by atoms with Crippen LogP contribution in [0.25, 0.3) is 0 Å². The van der Waals surface area contributed by atoms with Crippen LogP contribution in [0.3, 0.4) is 0 Å². The zero-order chi connectivity index (χ0) is 19.9. The molecule has 8 heteroatoms. The summed E-state index contributed by atoms with van der Waals surface area (Å²) >= 11 is 12.2. The second-order valence-corrected chi connectivity index (χ2v) is 7.15. The molecule has 2 aromatic heterocycles. The van der Waals surface area contributed by atoms with Crippen LogP contribution in [0.5, 0.6) is 0 Å². The Balaban J connectivity index is 1.53. The van der Waals surface area contributed by atoms with Crippen molar-refractivity contribution >= 4 is 29.2 Å². The number of guanidine groups is 1. The van der Waals surface area contributed by atoms with E-state index in [0.29, 0.717) is 29.2 Å². The maximum absolute atomic E-state index is 6.11. The smallest absolute Gasteiger partial charge is 0.191 e. The Morgan fingerprint density at radius 1 is 1.14 bits per heavy atom. The van der Waals surface area contributed by atoms with Gasteiger partial charge in [0.2, 0.25) is 0 Å². The van der Waals surface area contributed by atoms with E-state index in [1.165, 1.54) is 5.56 Å². The van der Waals surface area contributed by atoms with Crippen LogP contribution < -0.4 is 10.6 Å². The van der Waals surface area contributed by atoms with E-state index < -0.39 is 0 Å². The summed E-state index contributed by atoms with van der Waals surface area (Å²) in [6, 6.07) is 12.3. The molecule has 148 valence electrons. The van der Waals surface area contributed by atoms with Gasteiger partial charge in [0.1, 0.15) is 11.0 Å². The second kappa shape index (κ2) is 9.66. The molecule has 6 nitrogen and oxygen atoms in total. The Kier molecular flexibility index (Phi) is 7.01. The predicted molar refractivity (Wildman–Crippen MR) is 115 cm³/mol. The third kappa shape index (κ3) is 5.09. The molecule has 0 aliphatic heterocycles. The van der Waals surface area contributed by atoms with Crippen LogP contribution in [0.15, 0.2) is 53.8 Å². The molecule has 1 aromatic carbocycles. The molecule has 0 bridgehead atoms. The summed E-state index contributed by atoms with van der Waals surface area (Å²) in [6.45, 7) is 2.02. The molecule has 0 aliphatic rings. The van der Waals surface area contributed by atoms with Crippen molar-refractivity contribution in [2.24, 2.45) is 12.0 Å². The van der Waals surface area contributed by atoms with Crippen molar-refractivity contribution in [2.75, 3.05) is 7.05 Å². The van der Waals surface area contributed by atoms with Crippen molar-refractivity contribution in [3.05, 3.63) is 76.0 Å². The Hall–Kier alpha value is -2.44. The molecule has 0 atom stereocenters. The number of benzene rings is 1. The van der Waals surface area contributed by atoms with Gasteiger partial charge in [0.15, 0.2) is 5.96 Å². The van der Waals surface area contributed by atoms with E-state index in [4.69, 9.17) is 23.2 Å². The Morgan fingerprint density at radius 3 is 2.57 bits per heavy atom. The monoisotopic (exact) mass is 418 g/mol. The van der Waals surface area contributed by atoms with E-state index in [-0.39, 0.29) is 0 Å². The van der Waals surface area contributed by atoms with E-state index in [0.717, 1.165) is 24.5 Å². The van der Waals surface area contributed by atoms with Crippen molar-refractivity contribution in [3.8, 4) is 0 Å². The zero-order valence-corrected chi connectivity index (χ0v) is 17.5. The van der Waals surface area contributed by atoms with Gasteiger partial charge in [0.25, 0.3) is 0 Å². The van der Waals surface area contributed by atoms with Gasteiger partial charge in [0.05, 0.1) is 18.1 Å². The average Bonchev–Trinajstić information content (AvgIpc) is 3.27. The number of hydrogen-bond donors (Lipinski definition) is 2. The van der Waals surface area contributed by atoms with Gasteiger partial charge in [-0.2, -0.15) is 0 Å². The van der Waals surface area contributed by atoms with Crippen LogP contribution in [0.1, 0.15) is 17.1 Å². The van der Waals surface area contributed by atoms with Crippen LogP contribution in [0.2, 0.25) is 10.2 Å². The summed E-state index contributed by atoms with van der Waals surface area (Å²) in [4.78, 5) is 8.73. The first-order valence-corrected chi connectivity index (χ1v) is 9.82. The highest BCUT2D eigenvalue weighted by atomic mass is 35.5. The highest BCUT2D eigenvalue weighted by molar-refractivity contribution is 6.41. The summed E-state index contributed by atoms with van der Waals surface area (Å²) in [7, 11) is 3.62. The molecule has 3 aromatic rings. The summed E-state index contributed by atoms with van der Waals surface area (Å²) in [5, 5.41) is 7.65. The maximum atomic E-state index is 6.11. The van der Waals surface area contributed by atoms with Crippen LogP contribution >= 0.6 is 23.2 Å². The zero-order valence-electron chi connectivity index (χ0n) is 16.0. The number of halogens is 2. The molecule has 28 heavy (non-hydrogen) atoms. The first kappa shape index (κ1) is 20.3. The minimum absolute atomic E-state index is 0.529. The van der Waals surface area contributed by atoms with Crippen LogP contribution in [0, 0.1) is 0 Å². The molecule has 3 rings (SSSR count). The number of aromatic nitrogens is 3. The fourth-order valence-corrected chi connectivity index (χ4v) is 3.34. The molecule has 0 fully saturated rings. The molecule has 0 spiro atoms. The fourth-order valence-electron chi connectivity index (χ4n) is 2.92. The van der Waals surface area contributed by atoms with Crippen molar-refractivity contribution < 1.29 is 0 Å². The highest BCUT2D eigenvalue weighted by Gasteiger charge is 2.10. The summed E-state index contributed by atoms with van der Waals surface area (Å²) in [5.41, 5.74) is 2.29. The molecule has 0 saturated carbocycles. The standard InChI is InChI=1S/C20H24Cl2N6/c1-23-20(25-13-16-12-17(21)19(22)27(16)2)26-14-18-24-9-11-28(18)10-8-15-6-4-3-5-7-15/h3-7,9,11-12H,8,10,13-14H2,1-2H3,(H2,23,25,26). The van der Waals surface area contributed by atoms with Gasteiger partial charge in [-0.15, -0.1) is 0 Å². The van der Waals surface area contributed by atoms with Gasteiger partial charge < -0.3 is 19.8 Å². The molecule has 0 aliphatic carbocycles. The third-order valence-corrected chi connectivity index (χ3v) is 5.42. The first-order chi connectivity index (χ1) is 13.6. The number of aliphatic imine (C=N–C) groups is 1. The van der Waals surface area contributed by atoms with Crippen LogP contribution in [-0.4, -0.2) is 27.1 Å². The third-order valence-electron chi connectivity index (χ3n) is 4.58. The topological polar surface area (TPSA) is 59.2 Å². The second-order valence-electron chi connectivity index (χ2n) is 6.39. The van der Waals surface area contributed by atoms with E-state index >= 15 is 0 Å². The summed E-state index contributed by atoms with van der Waals surface area (Å²) in [5.74, 6) is 1.65. The van der Waals surface area contributed by atoms with Gasteiger partial charge >= 0.3 is 0 Å². The molecule has 0 unspecified atom stereocenters. The lowest BCUT2D eigenvalue weighted by Crippen LogP contribution is -2.37. The number of rotatable bonds is 7. The molecular formula is C20H24Cl2N6. The lowest BCUT2D eigenvalue weighted by molar-refractivity contribution is 0.633. The maximum Gasteiger partial charge on any atom is 0.191 e. The van der Waals surface area contributed by atoms with Crippen LogP contribution in [0.4, 0.5) is 0 Å². The molecule has 2 heterocycles. The molecular weight excluding hydrogens is 395 g/mol. The SMILES string of the molecule is CN=C(NCc1nccn1CCc1ccccc1)NCc1cc(Cl)c(Cl)n1C. The summed E-state index contributed by atoms with van der Waals surface area (Å²) in [6.07, 6.45) is 4.79. The van der Waals surface area contributed by atoms with Crippen molar-refractivity contribution in [3.63, 3.8) is 0 Å². The first-order valence-electron chi connectivity index (χ1n) is 9.06. The van der Waals surface area contributed by atoms with Crippen molar-refractivity contribution in [1.82, 2.24) is 24.8 Å².